The highest BCUT2D eigenvalue weighted by molar-refractivity contribution is 5.90. The van der Waals surface area contributed by atoms with Crippen molar-refractivity contribution in [2.24, 2.45) is 0 Å². The topological polar surface area (TPSA) is 57.5 Å². The van der Waals surface area contributed by atoms with Crippen molar-refractivity contribution >= 4 is 22.6 Å². The quantitative estimate of drug-likeness (QED) is 0.781. The maximum atomic E-state index is 10.7. The molecule has 18 heavy (non-hydrogen) atoms. The van der Waals surface area contributed by atoms with Crippen molar-refractivity contribution < 1.29 is 14.9 Å². The van der Waals surface area contributed by atoms with Crippen molar-refractivity contribution in [3.05, 3.63) is 35.5 Å². The van der Waals surface area contributed by atoms with Gasteiger partial charge in [-0.2, -0.15) is 0 Å². The summed E-state index contributed by atoms with van der Waals surface area (Å²) in [6, 6.07) is 7.92. The monoisotopic (exact) mass is 244 g/mol. The highest BCUT2D eigenvalue weighted by Gasteiger charge is 2.13. The molecule has 0 bridgehead atoms. The average molecular weight is 244 g/mol. The van der Waals surface area contributed by atoms with Gasteiger partial charge in [0.15, 0.2) is 5.69 Å². The first-order chi connectivity index (χ1) is 8.47. The van der Waals surface area contributed by atoms with Crippen LogP contribution in [0.1, 0.15) is 11.3 Å². The molecule has 1 N–H and O–H groups in total. The Morgan fingerprint density at radius 2 is 2.06 bits per heavy atom. The number of hydrogen-bond acceptors (Lipinski definition) is 3. The van der Waals surface area contributed by atoms with Crippen LogP contribution >= 0.6 is 0 Å². The third-order valence-corrected chi connectivity index (χ3v) is 2.87. The Kier molecular flexibility index (Phi) is 3.19. The number of benzene rings is 1. The van der Waals surface area contributed by atoms with Gasteiger partial charge >= 0.3 is 0 Å². The lowest BCUT2D eigenvalue weighted by Gasteiger charge is -2.14. The third kappa shape index (κ3) is 2.42. The molecule has 1 aromatic heterocycles. The molecule has 0 amide bonds. The Morgan fingerprint density at radius 3 is 2.67 bits per heavy atom. The number of nitrogens with zero attached hydrogens (tertiary/aromatic N) is 1. The second-order valence-corrected chi connectivity index (χ2v) is 4.67. The van der Waals surface area contributed by atoms with Crippen LogP contribution in [0.5, 0.6) is 0 Å². The van der Waals surface area contributed by atoms with E-state index in [9.17, 15) is 9.90 Å². The molecule has 0 saturated carbocycles. The first kappa shape index (κ1) is 12.4. The Morgan fingerprint density at radius 1 is 1.33 bits per heavy atom. The fraction of sp³-hybridized carbons (Fsp3) is 0.286. The van der Waals surface area contributed by atoms with E-state index < -0.39 is 5.97 Å². The van der Waals surface area contributed by atoms with Crippen molar-refractivity contribution in [1.29, 1.82) is 0 Å². The zero-order chi connectivity index (χ0) is 13.3. The van der Waals surface area contributed by atoms with Gasteiger partial charge in [-0.15, -0.1) is 0 Å². The summed E-state index contributed by atoms with van der Waals surface area (Å²) < 4.78 is 0. The van der Waals surface area contributed by atoms with E-state index in [0.717, 1.165) is 16.6 Å². The van der Waals surface area contributed by atoms with Gasteiger partial charge in [0, 0.05) is 26.2 Å². The highest BCUT2D eigenvalue weighted by Crippen LogP contribution is 2.24. The van der Waals surface area contributed by atoms with Crippen LogP contribution < -0.4 is 15.0 Å². The number of carbonyl (C=O) groups excluding carboxylic acids is 1. The number of aliphatic carboxylic acids is 1. The fourth-order valence-corrected chi connectivity index (χ4v) is 2.05. The van der Waals surface area contributed by atoms with Crippen LogP contribution in [-0.4, -0.2) is 20.1 Å². The lowest BCUT2D eigenvalue weighted by Crippen LogP contribution is -2.28. The number of pyridine rings is 1. The molecule has 2 aromatic rings. The summed E-state index contributed by atoms with van der Waals surface area (Å²) in [6.07, 6.45) is -0.106. The molecule has 0 saturated heterocycles. The summed E-state index contributed by atoms with van der Waals surface area (Å²) in [7, 11) is 3.89. The van der Waals surface area contributed by atoms with Crippen molar-refractivity contribution in [2.75, 3.05) is 19.0 Å². The molecule has 0 radical (unpaired) electrons. The van der Waals surface area contributed by atoms with E-state index in [1.165, 1.54) is 5.56 Å². The number of anilines is 1. The van der Waals surface area contributed by atoms with Crippen molar-refractivity contribution in [1.82, 2.24) is 0 Å². The van der Waals surface area contributed by atoms with E-state index in [1.807, 2.05) is 44.1 Å². The first-order valence-electron chi connectivity index (χ1n) is 5.80. The Balaban J connectivity index is 2.66. The van der Waals surface area contributed by atoms with Crippen LogP contribution in [0.25, 0.3) is 10.9 Å². The number of rotatable bonds is 3. The normalized spacial score (nSPS) is 10.6. The predicted molar refractivity (Wildman–Crippen MR) is 68.3 cm³/mol. The summed E-state index contributed by atoms with van der Waals surface area (Å²) >= 11 is 0. The molecule has 0 aliphatic carbocycles. The van der Waals surface area contributed by atoms with Crippen LogP contribution in [0, 0.1) is 6.92 Å². The van der Waals surface area contributed by atoms with E-state index in [-0.39, 0.29) is 6.42 Å². The van der Waals surface area contributed by atoms with Gasteiger partial charge in [-0.3, -0.25) is 0 Å². The zero-order valence-electron chi connectivity index (χ0n) is 10.8. The van der Waals surface area contributed by atoms with Gasteiger partial charge < -0.3 is 14.8 Å². The van der Waals surface area contributed by atoms with Gasteiger partial charge in [-0.25, -0.2) is 4.98 Å². The molecule has 0 aliphatic heterocycles. The average Bonchev–Trinajstić information content (AvgIpc) is 2.27. The van der Waals surface area contributed by atoms with Gasteiger partial charge in [0.05, 0.1) is 23.5 Å². The smallest absolute Gasteiger partial charge is 0.213 e. The molecule has 4 nitrogen and oxygen atoms in total. The number of carboxylic acid groups (broad SMARTS) is 1. The second kappa shape index (κ2) is 4.64. The van der Waals surface area contributed by atoms with Gasteiger partial charge in [-0.1, -0.05) is 6.07 Å². The molecule has 0 aliphatic rings. The first-order valence-corrected chi connectivity index (χ1v) is 5.80. The second-order valence-electron chi connectivity index (χ2n) is 4.67. The van der Waals surface area contributed by atoms with Gasteiger partial charge in [-0.05, 0) is 18.6 Å². The van der Waals surface area contributed by atoms with Crippen molar-refractivity contribution in [3.8, 4) is 0 Å². The van der Waals surface area contributed by atoms with Crippen LogP contribution in [0.3, 0.4) is 0 Å². The summed E-state index contributed by atoms with van der Waals surface area (Å²) in [5.74, 6) is -1.08. The number of nitrogens with one attached hydrogen (secondary N) is 1. The number of aryl methyl sites for hydroxylation is 1. The number of carboxylic acids is 1. The van der Waals surface area contributed by atoms with Gasteiger partial charge in [0.2, 0.25) is 5.52 Å². The van der Waals surface area contributed by atoms with E-state index in [0.29, 0.717) is 5.69 Å². The lowest BCUT2D eigenvalue weighted by atomic mass is 10.1. The van der Waals surface area contributed by atoms with Crippen LogP contribution in [0.15, 0.2) is 24.3 Å². The minimum absolute atomic E-state index is 0.106. The number of H-pyrrole nitrogens is 1. The van der Waals surface area contributed by atoms with Gasteiger partial charge in [0.25, 0.3) is 0 Å². The molecule has 2 rings (SSSR count). The van der Waals surface area contributed by atoms with E-state index >= 15 is 0 Å². The Hall–Kier alpha value is -2.10. The molecule has 94 valence electrons. The minimum atomic E-state index is -1.08. The molecular weight excluding hydrogens is 228 g/mol. The summed E-state index contributed by atoms with van der Waals surface area (Å²) in [4.78, 5) is 15.8. The lowest BCUT2D eigenvalue weighted by molar-refractivity contribution is -0.361. The van der Waals surface area contributed by atoms with E-state index in [2.05, 4.69) is 11.1 Å². The zero-order valence-corrected chi connectivity index (χ0v) is 10.8. The van der Waals surface area contributed by atoms with Crippen LogP contribution in [0.4, 0.5) is 5.69 Å². The molecule has 4 heteroatoms. The molecule has 0 spiro atoms. The van der Waals surface area contributed by atoms with Crippen LogP contribution in [-0.2, 0) is 11.2 Å². The molecule has 0 fully saturated rings. The molecule has 0 atom stereocenters. The number of carbonyl (C=O) groups is 1. The molecule has 1 aromatic carbocycles. The fourth-order valence-electron chi connectivity index (χ4n) is 2.05. The van der Waals surface area contributed by atoms with Crippen molar-refractivity contribution in [3.63, 3.8) is 0 Å². The number of aromatic nitrogens is 1. The van der Waals surface area contributed by atoms with E-state index in [4.69, 9.17) is 0 Å². The number of fused-ring (bicyclic) bond motifs is 1. The number of aromatic amines is 1. The van der Waals surface area contributed by atoms with Gasteiger partial charge in [0.1, 0.15) is 0 Å². The van der Waals surface area contributed by atoms with Crippen molar-refractivity contribution in [2.45, 2.75) is 13.3 Å². The minimum Gasteiger partial charge on any atom is -0.550 e. The summed E-state index contributed by atoms with van der Waals surface area (Å²) in [5, 5.41) is 11.8. The molecular formula is C14H16N2O2. The number of hydrogen-bond donors (Lipinski definition) is 0. The summed E-state index contributed by atoms with van der Waals surface area (Å²) in [6.45, 7) is 2.04. The predicted octanol–water partition coefficient (Wildman–Crippen LogP) is 0.321. The molecule has 1 heterocycles. The SMILES string of the molecule is Cc1ccc2[nH+]c(CC(=O)[O-])cc(N(C)C)c2c1. The Labute approximate surface area is 106 Å². The maximum absolute atomic E-state index is 10.7. The summed E-state index contributed by atoms with van der Waals surface area (Å²) in [5.41, 5.74) is 3.76. The third-order valence-electron chi connectivity index (χ3n) is 2.87. The highest BCUT2D eigenvalue weighted by atomic mass is 16.4. The molecule has 0 unspecified atom stereocenters. The van der Waals surface area contributed by atoms with Crippen LogP contribution in [0.2, 0.25) is 0 Å². The standard InChI is InChI=1S/C14H16N2O2/c1-9-4-5-12-11(6-9)13(16(2)3)7-10(15-12)8-14(17)18/h4-7H,8H2,1-3H3,(H,17,18). The van der Waals surface area contributed by atoms with E-state index in [1.54, 1.807) is 0 Å². The largest absolute Gasteiger partial charge is 0.550 e. The maximum Gasteiger partial charge on any atom is 0.213 e. The Bertz CT molecular complexity index is 606.